The molecule has 1 amide bonds. The summed E-state index contributed by atoms with van der Waals surface area (Å²) in [6, 6.07) is 13.1. The van der Waals surface area contributed by atoms with Crippen LogP contribution in [0.5, 0.6) is 0 Å². The quantitative estimate of drug-likeness (QED) is 0.405. The van der Waals surface area contributed by atoms with Gasteiger partial charge in [-0.3, -0.25) is 19.3 Å². The van der Waals surface area contributed by atoms with Gasteiger partial charge in [-0.2, -0.15) is 0 Å². The summed E-state index contributed by atoms with van der Waals surface area (Å²) < 4.78 is 24.9. The minimum Gasteiger partial charge on any atom is -0.339 e. The molecule has 3 unspecified atom stereocenters. The zero-order valence-electron chi connectivity index (χ0n) is 17.8. The molecule has 1 aliphatic heterocycles. The molecule has 9 heteroatoms. The number of hydrazine groups is 1. The summed E-state index contributed by atoms with van der Waals surface area (Å²) in [5, 5.41) is 6.06. The number of hydrogen-bond donors (Lipinski definition) is 4. The second kappa shape index (κ2) is 10.6. The van der Waals surface area contributed by atoms with Crippen LogP contribution < -0.4 is 21.5 Å². The normalized spacial score (nSPS) is 20.0. The van der Waals surface area contributed by atoms with Gasteiger partial charge in [-0.15, -0.1) is 0 Å². The molecule has 0 bridgehead atoms. The maximum atomic E-state index is 13.2. The van der Waals surface area contributed by atoms with Crippen LogP contribution in [-0.4, -0.2) is 35.0 Å². The van der Waals surface area contributed by atoms with Crippen molar-refractivity contribution in [1.29, 1.82) is 0 Å². The lowest BCUT2D eigenvalue weighted by molar-refractivity contribution is 0.0975. The molecule has 0 spiro atoms. The van der Waals surface area contributed by atoms with Gasteiger partial charge in [0.25, 0.3) is 5.91 Å². The molecular weight excluding hydrogens is 417 g/mol. The number of rotatable bonds is 6. The van der Waals surface area contributed by atoms with Crippen molar-refractivity contribution in [2.75, 3.05) is 12.8 Å². The molecule has 3 rings (SSSR count). The lowest BCUT2D eigenvalue weighted by Crippen LogP contribution is -2.50. The van der Waals surface area contributed by atoms with Crippen molar-refractivity contribution < 1.29 is 13.4 Å². The number of halogens is 1. The molecule has 4 N–H and O–H groups in total. The van der Waals surface area contributed by atoms with E-state index in [9.17, 15) is 13.4 Å². The first-order valence-electron chi connectivity index (χ1n) is 10.1. The van der Waals surface area contributed by atoms with Crippen molar-refractivity contribution in [3.05, 3.63) is 65.5 Å². The van der Waals surface area contributed by atoms with Crippen LogP contribution in [0.1, 0.15) is 42.2 Å². The fourth-order valence-electron chi connectivity index (χ4n) is 3.12. The van der Waals surface area contributed by atoms with Crippen molar-refractivity contribution in [2.24, 2.45) is 10.9 Å². The Morgan fingerprint density at radius 2 is 1.97 bits per heavy atom. The number of carbonyl (C=O) groups is 1. The molecule has 1 fully saturated rings. The molecule has 3 atom stereocenters. The minimum absolute atomic E-state index is 0.00337. The Bertz CT molecular complexity index is 965. The van der Waals surface area contributed by atoms with E-state index in [4.69, 9.17) is 0 Å². The van der Waals surface area contributed by atoms with Crippen LogP contribution in [-0.2, 0) is 10.8 Å². The molecule has 2 aromatic carbocycles. The van der Waals surface area contributed by atoms with Crippen molar-refractivity contribution in [3.8, 4) is 0 Å². The summed E-state index contributed by atoms with van der Waals surface area (Å²) in [4.78, 5) is 17.9. The van der Waals surface area contributed by atoms with Gasteiger partial charge in [0.2, 0.25) is 0 Å². The lowest BCUT2D eigenvalue weighted by atomic mass is 10.0. The Kier molecular flexibility index (Phi) is 7.89. The zero-order chi connectivity index (χ0) is 22.4. The van der Waals surface area contributed by atoms with Gasteiger partial charge in [0, 0.05) is 46.5 Å². The first kappa shape index (κ1) is 23.1. The van der Waals surface area contributed by atoms with E-state index in [2.05, 4.69) is 26.5 Å². The maximum Gasteiger partial charge on any atom is 0.257 e. The molecule has 1 saturated heterocycles. The first-order chi connectivity index (χ1) is 14.8. The number of amides is 1. The Morgan fingerprint density at radius 3 is 2.65 bits per heavy atom. The monoisotopic (exact) mass is 445 g/mol. The fraction of sp³-hybridized carbons (Fsp3) is 0.364. The van der Waals surface area contributed by atoms with Crippen molar-refractivity contribution in [2.45, 2.75) is 37.4 Å². The Hall–Kier alpha value is -2.62. The lowest BCUT2D eigenvalue weighted by Gasteiger charge is -2.17. The minimum atomic E-state index is -1.17. The fourth-order valence-corrected chi connectivity index (χ4v) is 3.68. The molecule has 1 heterocycles. The van der Waals surface area contributed by atoms with Gasteiger partial charge < -0.3 is 5.32 Å². The first-order valence-corrected chi connectivity index (χ1v) is 11.7. The SMILES string of the molecule is CC(C)CN=C(NC(=O)c1cccc(S(C)=O)c1)NC1CC(c2ccc(F)cc2)NN1. The molecule has 7 nitrogen and oxygen atoms in total. The number of carbonyl (C=O) groups excluding carboxylic acids is 1. The second-order valence-corrected chi connectivity index (χ2v) is 9.22. The van der Waals surface area contributed by atoms with E-state index in [0.29, 0.717) is 35.3 Å². The average Bonchev–Trinajstić information content (AvgIpc) is 3.21. The Labute approximate surface area is 184 Å². The summed E-state index contributed by atoms with van der Waals surface area (Å²) in [6.07, 6.45) is 2.06. The molecule has 0 aliphatic carbocycles. The third-order valence-electron chi connectivity index (χ3n) is 4.76. The summed E-state index contributed by atoms with van der Waals surface area (Å²) in [7, 11) is -1.17. The highest BCUT2D eigenvalue weighted by atomic mass is 32.2. The second-order valence-electron chi connectivity index (χ2n) is 7.84. The van der Waals surface area contributed by atoms with E-state index in [1.807, 2.05) is 13.8 Å². The Morgan fingerprint density at radius 1 is 1.23 bits per heavy atom. The number of hydrogen-bond acceptors (Lipinski definition) is 5. The van der Waals surface area contributed by atoms with Gasteiger partial charge in [0.05, 0.1) is 6.17 Å². The summed E-state index contributed by atoms with van der Waals surface area (Å²) >= 11 is 0. The van der Waals surface area contributed by atoms with Crippen LogP contribution >= 0.6 is 0 Å². The molecule has 2 aromatic rings. The van der Waals surface area contributed by atoms with Gasteiger partial charge in [0.15, 0.2) is 5.96 Å². The number of aliphatic imine (C=N–C) groups is 1. The maximum absolute atomic E-state index is 13.2. The van der Waals surface area contributed by atoms with Crippen molar-refractivity contribution in [1.82, 2.24) is 21.5 Å². The topological polar surface area (TPSA) is 94.6 Å². The number of nitrogens with one attached hydrogen (secondary N) is 4. The van der Waals surface area contributed by atoms with Crippen LogP contribution in [0.3, 0.4) is 0 Å². The number of nitrogens with zero attached hydrogens (tertiary/aromatic N) is 1. The summed E-state index contributed by atoms with van der Waals surface area (Å²) in [5.74, 6) is 0.0801. The van der Waals surface area contributed by atoms with E-state index in [0.717, 1.165) is 5.56 Å². The Balaban J connectivity index is 1.67. The van der Waals surface area contributed by atoms with Crippen LogP contribution in [0, 0.1) is 11.7 Å². The van der Waals surface area contributed by atoms with E-state index < -0.39 is 10.8 Å². The average molecular weight is 446 g/mol. The molecule has 31 heavy (non-hydrogen) atoms. The van der Waals surface area contributed by atoms with Gasteiger partial charge >= 0.3 is 0 Å². The predicted octanol–water partition coefficient (Wildman–Crippen LogP) is 2.46. The molecule has 1 aliphatic rings. The van der Waals surface area contributed by atoms with Gasteiger partial charge in [0.1, 0.15) is 5.82 Å². The van der Waals surface area contributed by atoms with Crippen LogP contribution in [0.15, 0.2) is 58.4 Å². The largest absolute Gasteiger partial charge is 0.339 e. The van der Waals surface area contributed by atoms with Crippen molar-refractivity contribution >= 4 is 22.7 Å². The van der Waals surface area contributed by atoms with Crippen LogP contribution in [0.2, 0.25) is 0 Å². The predicted molar refractivity (Wildman–Crippen MR) is 120 cm³/mol. The smallest absolute Gasteiger partial charge is 0.257 e. The van der Waals surface area contributed by atoms with Crippen LogP contribution in [0.25, 0.3) is 0 Å². The zero-order valence-corrected chi connectivity index (χ0v) is 18.6. The van der Waals surface area contributed by atoms with E-state index >= 15 is 0 Å². The summed E-state index contributed by atoms with van der Waals surface area (Å²) in [5.41, 5.74) is 7.70. The van der Waals surface area contributed by atoms with E-state index in [-0.39, 0.29) is 23.9 Å². The van der Waals surface area contributed by atoms with E-state index in [1.165, 1.54) is 12.1 Å². The molecule has 0 aromatic heterocycles. The molecule has 0 radical (unpaired) electrons. The van der Waals surface area contributed by atoms with E-state index in [1.54, 1.807) is 42.7 Å². The molecule has 166 valence electrons. The highest BCUT2D eigenvalue weighted by molar-refractivity contribution is 7.84. The van der Waals surface area contributed by atoms with Crippen LogP contribution in [0.4, 0.5) is 4.39 Å². The number of benzene rings is 2. The highest BCUT2D eigenvalue weighted by Gasteiger charge is 2.26. The third kappa shape index (κ3) is 6.68. The third-order valence-corrected chi connectivity index (χ3v) is 5.68. The van der Waals surface area contributed by atoms with Crippen molar-refractivity contribution in [3.63, 3.8) is 0 Å². The van der Waals surface area contributed by atoms with Gasteiger partial charge in [-0.1, -0.05) is 32.0 Å². The standard InChI is InChI=1S/C22H28FN5O2S/c1-14(2)13-24-22(26-21(29)16-5-4-6-18(11-16)31(3)30)25-20-12-19(27-28-20)15-7-9-17(23)10-8-15/h4-11,14,19-20,27-28H,12-13H2,1-3H3,(H2,24,25,26,29). The molecule has 0 saturated carbocycles. The molecular formula is C22H28FN5O2S. The highest BCUT2D eigenvalue weighted by Crippen LogP contribution is 2.21. The summed E-state index contributed by atoms with van der Waals surface area (Å²) in [6.45, 7) is 4.63. The number of guanidine groups is 1. The van der Waals surface area contributed by atoms with Gasteiger partial charge in [-0.25, -0.2) is 15.2 Å². The van der Waals surface area contributed by atoms with Gasteiger partial charge in [-0.05, 0) is 41.8 Å².